The van der Waals surface area contributed by atoms with Crippen molar-refractivity contribution in [3.63, 3.8) is 0 Å². The average Bonchev–Trinajstić information content (AvgIpc) is 3.19. The van der Waals surface area contributed by atoms with E-state index in [0.29, 0.717) is 6.54 Å². The monoisotopic (exact) mass is 326 g/mol. The van der Waals surface area contributed by atoms with Crippen LogP contribution in [0.1, 0.15) is 5.56 Å². The lowest BCUT2D eigenvalue weighted by molar-refractivity contribution is -0.493. The van der Waals surface area contributed by atoms with Gasteiger partial charge in [0.05, 0.1) is 6.54 Å². The van der Waals surface area contributed by atoms with E-state index in [9.17, 15) is 20.2 Å². The minimum absolute atomic E-state index is 0.0381. The van der Waals surface area contributed by atoms with Gasteiger partial charge in [-0.3, -0.25) is 0 Å². The third kappa shape index (κ3) is 3.02. The van der Waals surface area contributed by atoms with E-state index in [2.05, 4.69) is 4.98 Å². The van der Waals surface area contributed by atoms with E-state index in [1.807, 2.05) is 42.5 Å². The summed E-state index contributed by atoms with van der Waals surface area (Å²) < 4.78 is 0. The summed E-state index contributed by atoms with van der Waals surface area (Å²) in [5.41, 5.74) is 2.60. The van der Waals surface area contributed by atoms with Gasteiger partial charge in [-0.1, -0.05) is 41.4 Å². The molecular weight excluding hydrogens is 312 g/mol. The Morgan fingerprint density at radius 2 is 1.71 bits per heavy atom. The highest BCUT2D eigenvalue weighted by Crippen LogP contribution is 2.26. The molecule has 8 nitrogen and oxygen atoms in total. The smallest absolute Gasteiger partial charge is 0.321 e. The summed E-state index contributed by atoms with van der Waals surface area (Å²) in [5, 5.41) is 22.5. The summed E-state index contributed by atoms with van der Waals surface area (Å²) >= 11 is 0. The molecule has 1 aromatic heterocycles. The van der Waals surface area contributed by atoms with Gasteiger partial charge in [0.25, 0.3) is 0 Å². The highest BCUT2D eigenvalue weighted by Gasteiger charge is 2.26. The number of para-hydroxylation sites is 2. The molecule has 0 amide bonds. The van der Waals surface area contributed by atoms with Crippen molar-refractivity contribution in [2.45, 2.75) is 6.42 Å². The molecule has 4 rings (SSSR count). The number of hydrazine groups is 1. The molecule has 122 valence electrons. The number of hydrogen-bond acceptors (Lipinski definition) is 4. The molecule has 0 radical (unpaired) electrons. The Hall–Kier alpha value is -3.42. The highest BCUT2D eigenvalue weighted by atomic mass is 16.7. The number of fused-ring (bicyclic) bond motifs is 2. The number of rotatable bonds is 2. The molecule has 1 aliphatic rings. The van der Waals surface area contributed by atoms with Crippen molar-refractivity contribution in [3.8, 4) is 0 Å². The Morgan fingerprint density at radius 3 is 2.42 bits per heavy atom. The van der Waals surface area contributed by atoms with E-state index in [-0.39, 0.29) is 10.9 Å². The van der Waals surface area contributed by atoms with Crippen LogP contribution in [-0.4, -0.2) is 21.5 Å². The fourth-order valence-corrected chi connectivity index (χ4v) is 2.65. The molecule has 0 spiro atoms. The van der Waals surface area contributed by atoms with Crippen LogP contribution in [0.25, 0.3) is 10.9 Å². The third-order valence-corrected chi connectivity index (χ3v) is 3.77. The molecule has 1 N–H and O–H groups in total. The molecule has 0 unspecified atom stereocenters. The molecule has 0 bridgehead atoms. The molecule has 0 fully saturated rings. The van der Waals surface area contributed by atoms with Crippen LogP contribution in [0, 0.1) is 20.2 Å². The molecule has 24 heavy (non-hydrogen) atoms. The fraction of sp³-hybridized carbons (Fsp3) is 0.125. The van der Waals surface area contributed by atoms with Crippen LogP contribution in [0.5, 0.6) is 0 Å². The fourth-order valence-electron chi connectivity index (χ4n) is 2.65. The first-order chi connectivity index (χ1) is 11.6. The summed E-state index contributed by atoms with van der Waals surface area (Å²) in [4.78, 5) is 23.1. The van der Waals surface area contributed by atoms with Crippen LogP contribution in [-0.2, 0) is 6.42 Å². The molecule has 0 saturated carbocycles. The van der Waals surface area contributed by atoms with Crippen molar-refractivity contribution in [3.05, 3.63) is 80.4 Å². The molecule has 0 atom stereocenters. The van der Waals surface area contributed by atoms with Crippen molar-refractivity contribution in [2.75, 3.05) is 11.6 Å². The topological polar surface area (TPSA) is 105 Å². The second kappa shape index (κ2) is 6.37. The maximum Gasteiger partial charge on any atom is 0.321 e. The van der Waals surface area contributed by atoms with Gasteiger partial charge in [0, 0.05) is 11.5 Å². The molecule has 2 aromatic carbocycles. The normalized spacial score (nSPS) is 12.4. The molecule has 0 saturated heterocycles. The average molecular weight is 326 g/mol. The van der Waals surface area contributed by atoms with Crippen LogP contribution in [0.15, 0.2) is 54.6 Å². The Morgan fingerprint density at radius 1 is 1.00 bits per heavy atom. The molecule has 2 heterocycles. The lowest BCUT2D eigenvalue weighted by atomic mass is 10.2. The standard InChI is InChI=1S/C8H8N2O2.C8H6N2O2/c11-10(12)9-6-5-7-3-1-2-4-8(7)9;11-10(12)8-5-6-3-1-2-4-7(6)9-8/h1-4H,5-6H2;1-5,9H. The second-order valence-corrected chi connectivity index (χ2v) is 5.24. The largest absolute Gasteiger partial charge is 0.358 e. The Kier molecular flexibility index (Phi) is 4.11. The van der Waals surface area contributed by atoms with Crippen molar-refractivity contribution in [1.82, 2.24) is 4.98 Å². The van der Waals surface area contributed by atoms with E-state index in [4.69, 9.17) is 0 Å². The van der Waals surface area contributed by atoms with E-state index < -0.39 is 4.92 Å². The zero-order valence-electron chi connectivity index (χ0n) is 12.6. The van der Waals surface area contributed by atoms with Gasteiger partial charge in [-0.15, -0.1) is 0 Å². The number of anilines is 1. The highest BCUT2D eigenvalue weighted by molar-refractivity contribution is 5.82. The first kappa shape index (κ1) is 15.5. The van der Waals surface area contributed by atoms with E-state index in [1.165, 1.54) is 11.1 Å². The molecule has 0 aliphatic carbocycles. The van der Waals surface area contributed by atoms with Crippen LogP contribution < -0.4 is 5.01 Å². The van der Waals surface area contributed by atoms with Gasteiger partial charge in [0.1, 0.15) is 11.2 Å². The second-order valence-electron chi connectivity index (χ2n) is 5.24. The summed E-state index contributed by atoms with van der Waals surface area (Å²) in [6.45, 7) is 0.492. The van der Waals surface area contributed by atoms with Gasteiger partial charge in [0.2, 0.25) is 0 Å². The van der Waals surface area contributed by atoms with Crippen molar-refractivity contribution >= 4 is 22.4 Å². The van der Waals surface area contributed by atoms with Crippen LogP contribution >= 0.6 is 0 Å². The van der Waals surface area contributed by atoms with Crippen molar-refractivity contribution in [2.24, 2.45) is 0 Å². The summed E-state index contributed by atoms with van der Waals surface area (Å²) in [5.74, 6) is 0.0381. The van der Waals surface area contributed by atoms with Crippen molar-refractivity contribution < 1.29 is 9.96 Å². The molecule has 8 heteroatoms. The van der Waals surface area contributed by atoms with Gasteiger partial charge in [-0.2, -0.15) is 0 Å². The zero-order chi connectivity index (χ0) is 17.1. The molecule has 3 aromatic rings. The predicted octanol–water partition coefficient (Wildman–Crippen LogP) is 3.32. The Labute approximate surface area is 136 Å². The summed E-state index contributed by atoms with van der Waals surface area (Å²) in [7, 11) is 0. The zero-order valence-corrected chi connectivity index (χ0v) is 12.6. The minimum atomic E-state index is -0.431. The van der Waals surface area contributed by atoms with Crippen LogP contribution in [0.4, 0.5) is 11.5 Å². The predicted molar refractivity (Wildman–Crippen MR) is 89.4 cm³/mol. The summed E-state index contributed by atoms with van der Waals surface area (Å²) in [6.07, 6.45) is 0.775. The number of nitrogens with zero attached hydrogens (tertiary/aromatic N) is 3. The van der Waals surface area contributed by atoms with E-state index in [0.717, 1.165) is 28.6 Å². The number of aromatic nitrogens is 1. The Balaban J connectivity index is 0.000000141. The van der Waals surface area contributed by atoms with Gasteiger partial charge in [-0.05, 0) is 29.0 Å². The number of nitro groups is 2. The molecule has 1 aliphatic heterocycles. The third-order valence-electron chi connectivity index (χ3n) is 3.77. The number of benzene rings is 2. The van der Waals surface area contributed by atoms with Gasteiger partial charge in [-0.25, -0.2) is 15.1 Å². The van der Waals surface area contributed by atoms with Gasteiger partial charge in [0.15, 0.2) is 5.03 Å². The number of nitrogens with one attached hydrogen (secondary N) is 1. The SMILES string of the molecule is O=[N+]([O-])N1CCc2ccccc21.O=[N+]([O-])c1cc2ccccc2[nH]1. The number of aromatic amines is 1. The van der Waals surface area contributed by atoms with Gasteiger partial charge >= 0.3 is 5.82 Å². The maximum absolute atomic E-state index is 10.5. The van der Waals surface area contributed by atoms with Crippen LogP contribution in [0.3, 0.4) is 0 Å². The van der Waals surface area contributed by atoms with E-state index in [1.54, 1.807) is 6.07 Å². The van der Waals surface area contributed by atoms with E-state index >= 15 is 0 Å². The van der Waals surface area contributed by atoms with Crippen molar-refractivity contribution in [1.29, 1.82) is 0 Å². The quantitative estimate of drug-likeness (QED) is 0.574. The number of hydrogen-bond donors (Lipinski definition) is 1. The Bertz CT molecular complexity index is 873. The molecular formula is C16H14N4O4. The number of H-pyrrole nitrogens is 1. The summed E-state index contributed by atoms with van der Waals surface area (Å²) in [6, 6.07) is 16.3. The first-order valence-corrected chi connectivity index (χ1v) is 7.28. The first-order valence-electron chi connectivity index (χ1n) is 7.28. The maximum atomic E-state index is 10.5. The van der Waals surface area contributed by atoms with Crippen LogP contribution in [0.2, 0.25) is 0 Å². The van der Waals surface area contributed by atoms with Gasteiger partial charge < -0.3 is 10.1 Å². The minimum Gasteiger partial charge on any atom is -0.358 e. The lowest BCUT2D eigenvalue weighted by Crippen LogP contribution is -2.27. The lowest BCUT2D eigenvalue weighted by Gasteiger charge is -2.05.